The Morgan fingerprint density at radius 3 is 2.48 bits per heavy atom. The largest absolute Gasteiger partial charge is 0.459 e. The molecule has 0 spiro atoms. The van der Waals surface area contributed by atoms with E-state index >= 15 is 0 Å². The summed E-state index contributed by atoms with van der Waals surface area (Å²) in [5.41, 5.74) is 1.10. The lowest BCUT2D eigenvalue weighted by Crippen LogP contribution is -2.46. The highest BCUT2D eigenvalue weighted by Crippen LogP contribution is 2.17. The number of carbonyl (C=O) groups excluding carboxylic acids is 1. The van der Waals surface area contributed by atoms with Gasteiger partial charge >= 0.3 is 5.97 Å². The number of hydrogen-bond donors (Lipinski definition) is 0. The first kappa shape index (κ1) is 17.2. The number of esters is 1. The maximum absolute atomic E-state index is 11.4. The van der Waals surface area contributed by atoms with Crippen LogP contribution in [0.1, 0.15) is 12.5 Å². The van der Waals surface area contributed by atoms with E-state index in [-0.39, 0.29) is 12.1 Å². The van der Waals surface area contributed by atoms with Gasteiger partial charge in [0.1, 0.15) is 14.2 Å². The predicted molar refractivity (Wildman–Crippen MR) is 97.2 cm³/mol. The van der Waals surface area contributed by atoms with Crippen LogP contribution < -0.4 is 5.32 Å². The molecule has 2 rings (SSSR count). The van der Waals surface area contributed by atoms with Crippen LogP contribution in [0.2, 0.25) is 19.1 Å². The van der Waals surface area contributed by atoms with Crippen molar-refractivity contribution in [2.45, 2.75) is 32.2 Å². The topological polar surface area (TPSA) is 39.2 Å². The van der Waals surface area contributed by atoms with Gasteiger partial charge in [0, 0.05) is 18.4 Å². The fraction of sp³-hybridized carbons (Fsp3) is 0.263. The van der Waals surface area contributed by atoms with Crippen LogP contribution in [-0.2, 0) is 9.53 Å². The molecule has 3 nitrogen and oxygen atoms in total. The van der Waals surface area contributed by atoms with E-state index in [9.17, 15) is 4.79 Å². The summed E-state index contributed by atoms with van der Waals surface area (Å²) in [5, 5.41) is 1.13. The van der Waals surface area contributed by atoms with Gasteiger partial charge in [0.25, 0.3) is 0 Å². The van der Waals surface area contributed by atoms with Gasteiger partial charge in [0.05, 0.1) is 0 Å². The van der Waals surface area contributed by atoms with Crippen molar-refractivity contribution in [1.29, 1.82) is 0 Å². The third-order valence-corrected chi connectivity index (χ3v) is 6.80. The number of benzene rings is 1. The van der Waals surface area contributed by atoms with E-state index in [1.807, 2.05) is 60.8 Å². The molecule has 1 aromatic carbocycles. The standard InChI is InChI=1S/C19H23NO2Si/c1-16(21)22-18(13-12-17-9-5-4-6-10-17)15-23(2,3)19-11-7-8-14-20-19/h4-14,18H,15H2,1-3H3/b13-12+. The summed E-state index contributed by atoms with van der Waals surface area (Å²) in [6.45, 7) is 5.96. The Morgan fingerprint density at radius 1 is 1.17 bits per heavy atom. The van der Waals surface area contributed by atoms with Crippen molar-refractivity contribution in [3.05, 3.63) is 66.4 Å². The second-order valence-electron chi connectivity index (χ2n) is 6.22. The molecule has 0 aliphatic heterocycles. The van der Waals surface area contributed by atoms with Gasteiger partial charge in [0.2, 0.25) is 0 Å². The average molecular weight is 325 g/mol. The molecular weight excluding hydrogens is 302 g/mol. The molecular formula is C19H23NO2Si. The number of ether oxygens (including phenoxy) is 1. The van der Waals surface area contributed by atoms with Gasteiger partial charge in [-0.15, -0.1) is 0 Å². The third-order valence-electron chi connectivity index (χ3n) is 3.69. The van der Waals surface area contributed by atoms with E-state index in [2.05, 4.69) is 24.1 Å². The second kappa shape index (κ2) is 7.88. The number of pyridine rings is 1. The molecule has 0 saturated heterocycles. The zero-order valence-corrected chi connectivity index (χ0v) is 14.9. The molecule has 1 heterocycles. The highest BCUT2D eigenvalue weighted by atomic mass is 28.3. The van der Waals surface area contributed by atoms with E-state index in [1.54, 1.807) is 0 Å². The van der Waals surface area contributed by atoms with E-state index in [4.69, 9.17) is 4.74 Å². The van der Waals surface area contributed by atoms with Crippen LogP contribution in [0.3, 0.4) is 0 Å². The summed E-state index contributed by atoms with van der Waals surface area (Å²) in [7, 11) is -1.79. The molecule has 0 aliphatic rings. The third kappa shape index (κ3) is 5.49. The lowest BCUT2D eigenvalue weighted by molar-refractivity contribution is -0.143. The molecule has 0 radical (unpaired) electrons. The Bertz CT molecular complexity index is 654. The highest BCUT2D eigenvalue weighted by molar-refractivity contribution is 6.89. The van der Waals surface area contributed by atoms with E-state index in [1.165, 1.54) is 6.92 Å². The minimum atomic E-state index is -1.79. The van der Waals surface area contributed by atoms with Crippen molar-refractivity contribution in [3.63, 3.8) is 0 Å². The van der Waals surface area contributed by atoms with Crippen molar-refractivity contribution in [3.8, 4) is 0 Å². The van der Waals surface area contributed by atoms with Crippen LogP contribution in [0, 0.1) is 0 Å². The summed E-state index contributed by atoms with van der Waals surface area (Å²) in [6, 6.07) is 16.8. The number of hydrogen-bond acceptors (Lipinski definition) is 3. The number of rotatable bonds is 6. The van der Waals surface area contributed by atoms with Crippen LogP contribution in [0.15, 0.2) is 60.8 Å². The summed E-state index contributed by atoms with van der Waals surface area (Å²) < 4.78 is 5.51. The maximum atomic E-state index is 11.4. The highest BCUT2D eigenvalue weighted by Gasteiger charge is 2.29. The summed E-state index contributed by atoms with van der Waals surface area (Å²) in [4.78, 5) is 15.9. The lowest BCUT2D eigenvalue weighted by Gasteiger charge is -2.25. The summed E-state index contributed by atoms with van der Waals surface area (Å²) >= 11 is 0. The zero-order valence-electron chi connectivity index (χ0n) is 13.9. The van der Waals surface area contributed by atoms with Crippen LogP contribution in [0.5, 0.6) is 0 Å². The first-order valence-electron chi connectivity index (χ1n) is 7.79. The number of aromatic nitrogens is 1. The number of carbonyl (C=O) groups is 1. The quantitative estimate of drug-likeness (QED) is 0.601. The minimum absolute atomic E-state index is 0.226. The summed E-state index contributed by atoms with van der Waals surface area (Å²) in [6.07, 6.45) is 5.59. The molecule has 0 saturated carbocycles. The predicted octanol–water partition coefficient (Wildman–Crippen LogP) is 3.64. The average Bonchev–Trinajstić information content (AvgIpc) is 2.54. The van der Waals surface area contributed by atoms with Crippen LogP contribution in [0.25, 0.3) is 6.08 Å². The van der Waals surface area contributed by atoms with Crippen LogP contribution in [-0.4, -0.2) is 25.1 Å². The van der Waals surface area contributed by atoms with Crippen molar-refractivity contribution in [2.75, 3.05) is 0 Å². The molecule has 23 heavy (non-hydrogen) atoms. The van der Waals surface area contributed by atoms with Crippen molar-refractivity contribution >= 4 is 25.4 Å². The van der Waals surface area contributed by atoms with Crippen molar-refractivity contribution < 1.29 is 9.53 Å². The Labute approximate surface area is 139 Å². The Hall–Kier alpha value is -2.20. The molecule has 0 amide bonds. The van der Waals surface area contributed by atoms with Gasteiger partial charge in [-0.2, -0.15) is 0 Å². The van der Waals surface area contributed by atoms with Crippen LogP contribution in [0.4, 0.5) is 0 Å². The zero-order chi connectivity index (χ0) is 16.7. The molecule has 1 unspecified atom stereocenters. The van der Waals surface area contributed by atoms with Gasteiger partial charge in [-0.1, -0.05) is 55.6 Å². The van der Waals surface area contributed by atoms with Gasteiger partial charge in [-0.25, -0.2) is 0 Å². The van der Waals surface area contributed by atoms with Gasteiger partial charge in [0.15, 0.2) is 0 Å². The molecule has 1 aromatic heterocycles. The molecule has 0 fully saturated rings. The molecule has 2 aromatic rings. The van der Waals surface area contributed by atoms with Crippen molar-refractivity contribution in [1.82, 2.24) is 4.98 Å². The van der Waals surface area contributed by atoms with E-state index in [0.29, 0.717) is 0 Å². The SMILES string of the molecule is CC(=O)OC(/C=C/c1ccccc1)C[Si](C)(C)c1ccccn1. The Kier molecular flexibility index (Phi) is 5.88. The molecule has 1 atom stereocenters. The maximum Gasteiger partial charge on any atom is 0.303 e. The van der Waals surface area contributed by atoms with Gasteiger partial charge in [-0.3, -0.25) is 9.78 Å². The summed E-state index contributed by atoms with van der Waals surface area (Å²) in [5.74, 6) is -0.251. The van der Waals surface area contributed by atoms with Crippen molar-refractivity contribution in [2.24, 2.45) is 0 Å². The number of nitrogens with zero attached hydrogens (tertiary/aromatic N) is 1. The molecule has 0 N–H and O–H groups in total. The van der Waals surface area contributed by atoms with Gasteiger partial charge in [-0.05, 0) is 29.8 Å². The van der Waals surface area contributed by atoms with E-state index < -0.39 is 8.07 Å². The molecule has 0 aliphatic carbocycles. The fourth-order valence-corrected chi connectivity index (χ4v) is 4.92. The smallest absolute Gasteiger partial charge is 0.303 e. The first-order chi connectivity index (χ1) is 11.0. The molecule has 120 valence electrons. The Balaban J connectivity index is 2.15. The monoisotopic (exact) mass is 325 g/mol. The normalized spacial score (nSPS) is 13.0. The minimum Gasteiger partial charge on any atom is -0.459 e. The fourth-order valence-electron chi connectivity index (χ4n) is 2.52. The molecule has 0 bridgehead atoms. The molecule has 4 heteroatoms. The first-order valence-corrected chi connectivity index (χ1v) is 11.0. The van der Waals surface area contributed by atoms with Gasteiger partial charge < -0.3 is 4.74 Å². The Morgan fingerprint density at radius 2 is 1.87 bits per heavy atom. The second-order valence-corrected chi connectivity index (χ2v) is 10.9. The lowest BCUT2D eigenvalue weighted by atomic mass is 10.2. The van der Waals surface area contributed by atoms with E-state index in [0.717, 1.165) is 16.9 Å². The van der Waals surface area contributed by atoms with Crippen LogP contribution >= 0.6 is 0 Å².